The zero-order valence-electron chi connectivity index (χ0n) is 8.59. The van der Waals surface area contributed by atoms with Crippen molar-refractivity contribution in [2.75, 3.05) is 6.61 Å². The fourth-order valence-corrected chi connectivity index (χ4v) is 1.53. The maximum Gasteiger partial charge on any atom is 0.115 e. The molecule has 0 aliphatic heterocycles. The Morgan fingerprint density at radius 3 is 2.67 bits per heavy atom. The van der Waals surface area contributed by atoms with E-state index in [0.29, 0.717) is 6.54 Å². The molecular formula is C11H13N3O. The normalized spacial score (nSPS) is 10.5. The van der Waals surface area contributed by atoms with E-state index in [1.54, 1.807) is 4.68 Å². The lowest BCUT2D eigenvalue weighted by atomic mass is 10.1. The predicted molar refractivity (Wildman–Crippen MR) is 57.3 cm³/mol. The van der Waals surface area contributed by atoms with Gasteiger partial charge in [-0.25, -0.2) is 4.68 Å². The van der Waals surface area contributed by atoms with Crippen molar-refractivity contribution in [1.82, 2.24) is 15.0 Å². The molecule has 78 valence electrons. The summed E-state index contributed by atoms with van der Waals surface area (Å²) in [4.78, 5) is 0. The molecule has 0 atom stereocenters. The zero-order valence-corrected chi connectivity index (χ0v) is 8.59. The van der Waals surface area contributed by atoms with Crippen LogP contribution in [0.1, 0.15) is 5.69 Å². The second kappa shape index (κ2) is 4.23. The van der Waals surface area contributed by atoms with Crippen molar-refractivity contribution < 1.29 is 5.11 Å². The molecule has 1 aromatic heterocycles. The summed E-state index contributed by atoms with van der Waals surface area (Å²) >= 11 is 0. The first kappa shape index (κ1) is 9.86. The summed E-state index contributed by atoms with van der Waals surface area (Å²) in [7, 11) is 0. The van der Waals surface area contributed by atoms with E-state index in [2.05, 4.69) is 10.3 Å². The lowest BCUT2D eigenvalue weighted by molar-refractivity contribution is 0.266. The average molecular weight is 203 g/mol. The van der Waals surface area contributed by atoms with E-state index in [4.69, 9.17) is 5.11 Å². The van der Waals surface area contributed by atoms with Crippen LogP contribution in [0, 0.1) is 6.92 Å². The van der Waals surface area contributed by atoms with Crippen molar-refractivity contribution in [2.45, 2.75) is 13.5 Å². The number of rotatable bonds is 3. The van der Waals surface area contributed by atoms with Gasteiger partial charge < -0.3 is 5.11 Å². The highest BCUT2D eigenvalue weighted by molar-refractivity contribution is 5.60. The molecular weight excluding hydrogens is 190 g/mol. The summed E-state index contributed by atoms with van der Waals surface area (Å²) in [5.41, 5.74) is 2.92. The fraction of sp³-hybridized carbons (Fsp3) is 0.273. The van der Waals surface area contributed by atoms with Crippen LogP contribution >= 0.6 is 0 Å². The molecule has 0 unspecified atom stereocenters. The molecule has 0 amide bonds. The maximum atomic E-state index is 8.84. The van der Waals surface area contributed by atoms with Crippen LogP contribution in [0.25, 0.3) is 11.3 Å². The highest BCUT2D eigenvalue weighted by Gasteiger charge is 2.09. The molecule has 0 radical (unpaired) electrons. The van der Waals surface area contributed by atoms with Gasteiger partial charge in [-0.1, -0.05) is 35.5 Å². The summed E-state index contributed by atoms with van der Waals surface area (Å²) in [5, 5.41) is 16.9. The van der Waals surface area contributed by atoms with Gasteiger partial charge in [-0.3, -0.25) is 0 Å². The molecule has 2 rings (SSSR count). The van der Waals surface area contributed by atoms with Gasteiger partial charge in [0, 0.05) is 5.56 Å². The summed E-state index contributed by atoms with van der Waals surface area (Å²) in [6.07, 6.45) is 0. The lowest BCUT2D eigenvalue weighted by Gasteiger charge is -2.00. The topological polar surface area (TPSA) is 50.9 Å². The fourth-order valence-electron chi connectivity index (χ4n) is 1.53. The van der Waals surface area contributed by atoms with Crippen LogP contribution in [0.4, 0.5) is 0 Å². The molecule has 4 heteroatoms. The first-order chi connectivity index (χ1) is 7.33. The number of aromatic nitrogens is 3. The molecule has 0 saturated heterocycles. The molecule has 1 heterocycles. The third-order valence-electron chi connectivity index (χ3n) is 2.34. The van der Waals surface area contributed by atoms with E-state index in [1.807, 2.05) is 37.3 Å². The highest BCUT2D eigenvalue weighted by Crippen LogP contribution is 2.19. The molecule has 0 spiro atoms. The van der Waals surface area contributed by atoms with E-state index in [0.717, 1.165) is 17.0 Å². The van der Waals surface area contributed by atoms with Crippen LogP contribution in [0.5, 0.6) is 0 Å². The van der Waals surface area contributed by atoms with Crippen molar-refractivity contribution in [3.8, 4) is 11.3 Å². The van der Waals surface area contributed by atoms with Crippen LogP contribution in [0.3, 0.4) is 0 Å². The minimum absolute atomic E-state index is 0.0818. The van der Waals surface area contributed by atoms with Gasteiger partial charge in [0.25, 0.3) is 0 Å². The number of aliphatic hydroxyl groups is 1. The Labute approximate surface area is 88.2 Å². The van der Waals surface area contributed by atoms with Crippen LogP contribution in [0.2, 0.25) is 0 Å². The van der Waals surface area contributed by atoms with Crippen LogP contribution < -0.4 is 0 Å². The largest absolute Gasteiger partial charge is 0.394 e. The summed E-state index contributed by atoms with van der Waals surface area (Å²) in [6.45, 7) is 2.53. The summed E-state index contributed by atoms with van der Waals surface area (Å²) in [5.74, 6) is 0. The van der Waals surface area contributed by atoms with E-state index in [9.17, 15) is 0 Å². The van der Waals surface area contributed by atoms with Gasteiger partial charge in [0.2, 0.25) is 0 Å². The van der Waals surface area contributed by atoms with Crippen molar-refractivity contribution in [3.05, 3.63) is 36.0 Å². The van der Waals surface area contributed by atoms with Gasteiger partial charge in [0.15, 0.2) is 0 Å². The van der Waals surface area contributed by atoms with Gasteiger partial charge in [-0.2, -0.15) is 0 Å². The Balaban J connectivity index is 2.38. The third-order valence-corrected chi connectivity index (χ3v) is 2.34. The molecule has 0 fully saturated rings. The molecule has 0 aliphatic rings. The number of aliphatic hydroxyl groups excluding tert-OH is 1. The van der Waals surface area contributed by atoms with Crippen molar-refractivity contribution in [2.24, 2.45) is 0 Å². The predicted octanol–water partition coefficient (Wildman–Crippen LogP) is 1.25. The number of benzene rings is 1. The summed E-state index contributed by atoms with van der Waals surface area (Å²) in [6, 6.07) is 9.91. The van der Waals surface area contributed by atoms with E-state index in [1.165, 1.54) is 0 Å². The smallest absolute Gasteiger partial charge is 0.115 e. The first-order valence-electron chi connectivity index (χ1n) is 4.89. The molecule has 1 aromatic carbocycles. The molecule has 0 bridgehead atoms. The minimum atomic E-state index is 0.0818. The zero-order chi connectivity index (χ0) is 10.7. The van der Waals surface area contributed by atoms with Crippen LogP contribution in [0.15, 0.2) is 30.3 Å². The second-order valence-corrected chi connectivity index (χ2v) is 3.34. The second-order valence-electron chi connectivity index (χ2n) is 3.34. The van der Waals surface area contributed by atoms with Crippen LogP contribution in [-0.4, -0.2) is 26.7 Å². The Hall–Kier alpha value is -1.68. The first-order valence-corrected chi connectivity index (χ1v) is 4.89. The van der Waals surface area contributed by atoms with E-state index in [-0.39, 0.29) is 6.61 Å². The Morgan fingerprint density at radius 2 is 2.00 bits per heavy atom. The van der Waals surface area contributed by atoms with Crippen molar-refractivity contribution in [1.29, 1.82) is 0 Å². The maximum absolute atomic E-state index is 8.84. The lowest BCUT2D eigenvalue weighted by Crippen LogP contribution is -2.05. The van der Waals surface area contributed by atoms with Crippen LogP contribution in [-0.2, 0) is 6.54 Å². The summed E-state index contributed by atoms with van der Waals surface area (Å²) < 4.78 is 1.71. The molecule has 15 heavy (non-hydrogen) atoms. The third kappa shape index (κ3) is 1.89. The molecule has 1 N–H and O–H groups in total. The average Bonchev–Trinajstić information content (AvgIpc) is 2.63. The Morgan fingerprint density at radius 1 is 1.27 bits per heavy atom. The van der Waals surface area contributed by atoms with Crippen molar-refractivity contribution in [3.63, 3.8) is 0 Å². The van der Waals surface area contributed by atoms with Gasteiger partial charge in [-0.15, -0.1) is 5.10 Å². The molecule has 2 aromatic rings. The molecule has 0 saturated carbocycles. The van der Waals surface area contributed by atoms with Crippen molar-refractivity contribution >= 4 is 0 Å². The quantitative estimate of drug-likeness (QED) is 0.816. The number of hydrogen-bond donors (Lipinski definition) is 1. The minimum Gasteiger partial charge on any atom is -0.394 e. The standard InChI is InChI=1S/C11H13N3O/c1-9-11(10-5-3-2-4-6-10)12-13-14(9)7-8-15/h2-6,15H,7-8H2,1H3. The van der Waals surface area contributed by atoms with Gasteiger partial charge >= 0.3 is 0 Å². The van der Waals surface area contributed by atoms with Gasteiger partial charge in [0.05, 0.1) is 18.8 Å². The van der Waals surface area contributed by atoms with Gasteiger partial charge in [0.1, 0.15) is 5.69 Å². The van der Waals surface area contributed by atoms with E-state index < -0.39 is 0 Å². The molecule has 0 aliphatic carbocycles. The van der Waals surface area contributed by atoms with E-state index >= 15 is 0 Å². The highest BCUT2D eigenvalue weighted by atomic mass is 16.3. The Bertz CT molecular complexity index is 436. The number of hydrogen-bond acceptors (Lipinski definition) is 3. The SMILES string of the molecule is Cc1c(-c2ccccc2)nnn1CCO. The van der Waals surface area contributed by atoms with Gasteiger partial charge in [-0.05, 0) is 6.92 Å². The monoisotopic (exact) mass is 203 g/mol. The molecule has 4 nitrogen and oxygen atoms in total. The number of nitrogens with zero attached hydrogens (tertiary/aromatic N) is 3. The Kier molecular flexibility index (Phi) is 2.78.